The molecular weight excluding hydrogens is 428 g/mol. The van der Waals surface area contributed by atoms with Crippen LogP contribution in [0.5, 0.6) is 0 Å². The lowest BCUT2D eigenvalue weighted by atomic mass is 10.1. The number of rotatable bonds is 8. The van der Waals surface area contributed by atoms with E-state index in [4.69, 9.17) is 4.52 Å². The molecule has 0 saturated carbocycles. The molecule has 0 fully saturated rings. The van der Waals surface area contributed by atoms with Gasteiger partial charge in [0.2, 0.25) is 0 Å². The Morgan fingerprint density at radius 2 is 1.56 bits per heavy atom. The predicted octanol–water partition coefficient (Wildman–Crippen LogP) is 4.54. The van der Waals surface area contributed by atoms with E-state index in [2.05, 4.69) is 15.5 Å². The third kappa shape index (κ3) is 5.56. The maximum Gasteiger partial charge on any atom is 0.257 e. The lowest BCUT2D eigenvalue weighted by Gasteiger charge is -2.15. The molecule has 0 spiro atoms. The van der Waals surface area contributed by atoms with Crippen LogP contribution >= 0.6 is 0 Å². The summed E-state index contributed by atoms with van der Waals surface area (Å²) in [4.78, 5) is 31.1. The van der Waals surface area contributed by atoms with E-state index in [1.807, 2.05) is 55.5 Å². The van der Waals surface area contributed by atoms with Gasteiger partial charge in [0.25, 0.3) is 17.7 Å². The van der Waals surface area contributed by atoms with Crippen LogP contribution in [0.1, 0.15) is 45.1 Å². The van der Waals surface area contributed by atoms with Crippen molar-refractivity contribution in [1.82, 2.24) is 20.4 Å². The van der Waals surface area contributed by atoms with E-state index in [1.165, 1.54) is 0 Å². The van der Waals surface area contributed by atoms with Gasteiger partial charge in [0.15, 0.2) is 5.82 Å². The van der Waals surface area contributed by atoms with E-state index in [9.17, 15) is 9.59 Å². The van der Waals surface area contributed by atoms with Gasteiger partial charge in [-0.3, -0.25) is 9.59 Å². The molecular formula is C27H26N4O3. The normalized spacial score (nSPS) is 11.6. The van der Waals surface area contributed by atoms with Crippen LogP contribution in [0.25, 0.3) is 11.5 Å². The Hall–Kier alpha value is -4.26. The van der Waals surface area contributed by atoms with E-state index in [0.717, 1.165) is 11.1 Å². The summed E-state index contributed by atoms with van der Waals surface area (Å²) in [6.45, 7) is 2.41. The highest BCUT2D eigenvalue weighted by Gasteiger charge is 2.15. The fourth-order valence-corrected chi connectivity index (χ4v) is 3.51. The smallest absolute Gasteiger partial charge is 0.257 e. The molecule has 4 rings (SSSR count). The SMILES string of the molecule is C[C@@H](NC(=O)c1ccc(-c2nc(CCN(C)C(=O)c3ccccc3)no2)cc1)c1ccccc1. The first-order valence-corrected chi connectivity index (χ1v) is 11.1. The molecule has 34 heavy (non-hydrogen) atoms. The zero-order chi connectivity index (χ0) is 23.9. The Morgan fingerprint density at radius 1 is 0.912 bits per heavy atom. The van der Waals surface area contributed by atoms with E-state index in [1.54, 1.807) is 48.3 Å². The van der Waals surface area contributed by atoms with Crippen LogP contribution in [0.2, 0.25) is 0 Å². The Balaban J connectivity index is 1.33. The predicted molar refractivity (Wildman–Crippen MR) is 129 cm³/mol. The minimum Gasteiger partial charge on any atom is -0.346 e. The molecule has 1 atom stereocenters. The number of nitrogens with zero attached hydrogens (tertiary/aromatic N) is 3. The molecule has 0 aliphatic carbocycles. The molecule has 1 N–H and O–H groups in total. The highest BCUT2D eigenvalue weighted by molar-refractivity contribution is 5.95. The molecule has 0 radical (unpaired) electrons. The first-order chi connectivity index (χ1) is 16.5. The van der Waals surface area contributed by atoms with Crippen molar-refractivity contribution in [2.24, 2.45) is 0 Å². The second-order valence-corrected chi connectivity index (χ2v) is 8.04. The van der Waals surface area contributed by atoms with Gasteiger partial charge in [-0.15, -0.1) is 0 Å². The number of carbonyl (C=O) groups excluding carboxylic acids is 2. The highest BCUT2D eigenvalue weighted by atomic mass is 16.5. The van der Waals surface area contributed by atoms with Crippen molar-refractivity contribution in [3.63, 3.8) is 0 Å². The molecule has 172 valence electrons. The van der Waals surface area contributed by atoms with Gasteiger partial charge in [-0.25, -0.2) is 0 Å². The number of nitrogens with one attached hydrogen (secondary N) is 1. The molecule has 7 nitrogen and oxygen atoms in total. The maximum atomic E-state index is 12.6. The summed E-state index contributed by atoms with van der Waals surface area (Å²) in [5, 5.41) is 7.03. The summed E-state index contributed by atoms with van der Waals surface area (Å²) < 4.78 is 5.39. The van der Waals surface area contributed by atoms with E-state index in [0.29, 0.717) is 35.8 Å². The number of carbonyl (C=O) groups is 2. The van der Waals surface area contributed by atoms with Gasteiger partial charge in [-0.1, -0.05) is 53.7 Å². The van der Waals surface area contributed by atoms with Crippen molar-refractivity contribution in [3.05, 3.63) is 107 Å². The van der Waals surface area contributed by atoms with Crippen molar-refractivity contribution < 1.29 is 14.1 Å². The van der Waals surface area contributed by atoms with Gasteiger partial charge < -0.3 is 14.7 Å². The topological polar surface area (TPSA) is 88.3 Å². The summed E-state index contributed by atoms with van der Waals surface area (Å²) in [6, 6.07) is 25.9. The van der Waals surface area contributed by atoms with Crippen molar-refractivity contribution in [2.75, 3.05) is 13.6 Å². The van der Waals surface area contributed by atoms with Gasteiger partial charge in [-0.2, -0.15) is 4.98 Å². The molecule has 0 aliphatic heterocycles. The second kappa shape index (κ2) is 10.6. The summed E-state index contributed by atoms with van der Waals surface area (Å²) in [7, 11) is 1.75. The monoisotopic (exact) mass is 454 g/mol. The third-order valence-corrected chi connectivity index (χ3v) is 5.55. The van der Waals surface area contributed by atoms with Gasteiger partial charge in [0, 0.05) is 36.7 Å². The first kappa shape index (κ1) is 22.9. The molecule has 7 heteroatoms. The second-order valence-electron chi connectivity index (χ2n) is 8.04. The lowest BCUT2D eigenvalue weighted by molar-refractivity contribution is 0.0795. The van der Waals surface area contributed by atoms with Crippen molar-refractivity contribution in [1.29, 1.82) is 0 Å². The van der Waals surface area contributed by atoms with Crippen LogP contribution in [0.15, 0.2) is 89.5 Å². The summed E-state index contributed by atoms with van der Waals surface area (Å²) in [6.07, 6.45) is 0.469. The molecule has 4 aromatic rings. The summed E-state index contributed by atoms with van der Waals surface area (Å²) in [5.41, 5.74) is 2.95. The molecule has 0 aliphatic rings. The average molecular weight is 455 g/mol. The molecule has 1 heterocycles. The molecule has 0 saturated heterocycles. The van der Waals surface area contributed by atoms with Crippen LogP contribution in [0.4, 0.5) is 0 Å². The summed E-state index contributed by atoms with van der Waals surface area (Å²) in [5.74, 6) is 0.679. The van der Waals surface area contributed by atoms with Crippen LogP contribution in [-0.4, -0.2) is 40.4 Å². The van der Waals surface area contributed by atoms with Crippen molar-refractivity contribution in [3.8, 4) is 11.5 Å². The molecule has 0 bridgehead atoms. The van der Waals surface area contributed by atoms with Gasteiger partial charge in [0.1, 0.15) is 0 Å². The standard InChI is InChI=1S/C27H26N4O3/c1-19(20-9-5-3-6-10-20)28-25(32)21-13-15-22(16-14-21)26-29-24(30-34-26)17-18-31(2)27(33)23-11-7-4-8-12-23/h3-16,19H,17-18H2,1-2H3,(H,28,32)/t19-/m1/s1. The first-order valence-electron chi connectivity index (χ1n) is 11.1. The van der Waals surface area contributed by atoms with Gasteiger partial charge in [-0.05, 0) is 48.9 Å². The minimum atomic E-state index is -0.153. The Kier molecular flexibility index (Phi) is 7.13. The van der Waals surface area contributed by atoms with Crippen LogP contribution < -0.4 is 5.32 Å². The summed E-state index contributed by atoms with van der Waals surface area (Å²) >= 11 is 0. The third-order valence-electron chi connectivity index (χ3n) is 5.55. The molecule has 3 aromatic carbocycles. The quantitative estimate of drug-likeness (QED) is 0.422. The maximum absolute atomic E-state index is 12.6. The lowest BCUT2D eigenvalue weighted by Crippen LogP contribution is -2.29. The van der Waals surface area contributed by atoms with Crippen LogP contribution in [0, 0.1) is 0 Å². The highest BCUT2D eigenvalue weighted by Crippen LogP contribution is 2.19. The number of benzene rings is 3. The molecule has 2 amide bonds. The van der Waals surface area contributed by atoms with Crippen LogP contribution in [-0.2, 0) is 6.42 Å². The molecule has 0 unspecified atom stereocenters. The van der Waals surface area contributed by atoms with E-state index in [-0.39, 0.29) is 17.9 Å². The van der Waals surface area contributed by atoms with Crippen molar-refractivity contribution >= 4 is 11.8 Å². The zero-order valence-corrected chi connectivity index (χ0v) is 19.1. The van der Waals surface area contributed by atoms with Crippen molar-refractivity contribution in [2.45, 2.75) is 19.4 Å². The Bertz CT molecular complexity index is 1240. The van der Waals surface area contributed by atoms with E-state index < -0.39 is 0 Å². The van der Waals surface area contributed by atoms with E-state index >= 15 is 0 Å². The van der Waals surface area contributed by atoms with Gasteiger partial charge in [0.05, 0.1) is 6.04 Å². The average Bonchev–Trinajstić information content (AvgIpc) is 3.37. The number of hydrogen-bond acceptors (Lipinski definition) is 5. The largest absolute Gasteiger partial charge is 0.346 e. The Morgan fingerprint density at radius 3 is 2.24 bits per heavy atom. The number of hydrogen-bond donors (Lipinski definition) is 1. The number of likely N-dealkylation sites (N-methyl/N-ethyl adjacent to an activating group) is 1. The molecule has 1 aromatic heterocycles. The Labute approximate surface area is 198 Å². The number of amides is 2. The fraction of sp³-hybridized carbons (Fsp3) is 0.185. The van der Waals surface area contributed by atoms with Crippen LogP contribution in [0.3, 0.4) is 0 Å². The minimum absolute atomic E-state index is 0.0558. The fourth-order valence-electron chi connectivity index (χ4n) is 3.51. The zero-order valence-electron chi connectivity index (χ0n) is 19.1. The number of aromatic nitrogens is 2. The van der Waals surface area contributed by atoms with Gasteiger partial charge >= 0.3 is 0 Å².